The molecule has 1 aromatic carbocycles. The van der Waals surface area contributed by atoms with Gasteiger partial charge in [-0.15, -0.1) is 0 Å². The van der Waals surface area contributed by atoms with Gasteiger partial charge in [-0.2, -0.15) is 0 Å². The van der Waals surface area contributed by atoms with Crippen LogP contribution < -0.4 is 10.6 Å². The third-order valence-electron chi connectivity index (χ3n) is 4.73. The molecular weight excluding hydrogens is 246 g/mol. The van der Waals surface area contributed by atoms with Crippen molar-refractivity contribution in [1.82, 2.24) is 10.2 Å². The molecule has 1 aromatic rings. The van der Waals surface area contributed by atoms with Crippen LogP contribution in [0.1, 0.15) is 31.4 Å². The summed E-state index contributed by atoms with van der Waals surface area (Å²) in [5.41, 5.74) is 4.30. The Morgan fingerprint density at radius 1 is 1.40 bits per heavy atom. The highest BCUT2D eigenvalue weighted by Crippen LogP contribution is 2.26. The molecule has 2 heterocycles. The van der Waals surface area contributed by atoms with Gasteiger partial charge in [0.1, 0.15) is 0 Å². The summed E-state index contributed by atoms with van der Waals surface area (Å²) in [6, 6.07) is 7.38. The van der Waals surface area contributed by atoms with Crippen molar-refractivity contribution in [3.8, 4) is 0 Å². The highest BCUT2D eigenvalue weighted by atomic mass is 15.2. The number of rotatable bonds is 5. The Kier molecular flexibility index (Phi) is 4.27. The minimum Gasteiger partial charge on any atom is -0.384 e. The zero-order chi connectivity index (χ0) is 13.9. The maximum Gasteiger partial charge on any atom is 0.0419 e. The molecule has 0 saturated carbocycles. The molecule has 3 nitrogen and oxygen atoms in total. The van der Waals surface area contributed by atoms with E-state index in [-0.39, 0.29) is 0 Å². The molecule has 0 bridgehead atoms. The predicted octanol–water partition coefficient (Wildman–Crippen LogP) is 2.47. The number of hydrogen-bond donors (Lipinski definition) is 2. The van der Waals surface area contributed by atoms with E-state index in [1.807, 2.05) is 0 Å². The van der Waals surface area contributed by atoms with Crippen molar-refractivity contribution >= 4 is 5.69 Å². The van der Waals surface area contributed by atoms with Crippen molar-refractivity contribution in [1.29, 1.82) is 0 Å². The number of fused-ring (bicyclic) bond motifs is 1. The van der Waals surface area contributed by atoms with Crippen molar-refractivity contribution in [2.24, 2.45) is 5.92 Å². The van der Waals surface area contributed by atoms with Crippen molar-refractivity contribution in [2.45, 2.75) is 39.3 Å². The lowest BCUT2D eigenvalue weighted by Gasteiger charge is -2.20. The molecule has 20 heavy (non-hydrogen) atoms. The summed E-state index contributed by atoms with van der Waals surface area (Å²) in [7, 11) is 0. The van der Waals surface area contributed by atoms with Gasteiger partial charge in [0, 0.05) is 31.4 Å². The SMILES string of the molecule is CC(C)N1CCC(CNCc2cccc3c2NCC3)C1. The van der Waals surface area contributed by atoms with Gasteiger partial charge >= 0.3 is 0 Å². The van der Waals surface area contributed by atoms with E-state index in [0.29, 0.717) is 6.04 Å². The number of anilines is 1. The second kappa shape index (κ2) is 6.15. The van der Waals surface area contributed by atoms with E-state index in [9.17, 15) is 0 Å². The Morgan fingerprint density at radius 3 is 3.10 bits per heavy atom. The van der Waals surface area contributed by atoms with Gasteiger partial charge in [-0.25, -0.2) is 0 Å². The van der Waals surface area contributed by atoms with Crippen molar-refractivity contribution < 1.29 is 0 Å². The second-order valence-corrected chi connectivity index (χ2v) is 6.50. The standard InChI is InChI=1S/C17H27N3/c1-13(2)20-9-7-14(12-20)10-18-11-16-5-3-4-15-6-8-19-17(15)16/h3-5,13-14,18-19H,6-12H2,1-2H3. The van der Waals surface area contributed by atoms with Gasteiger partial charge < -0.3 is 15.5 Å². The lowest BCUT2D eigenvalue weighted by molar-refractivity contribution is 0.264. The highest BCUT2D eigenvalue weighted by Gasteiger charge is 2.23. The topological polar surface area (TPSA) is 27.3 Å². The number of hydrogen-bond acceptors (Lipinski definition) is 3. The minimum absolute atomic E-state index is 0.696. The molecule has 1 saturated heterocycles. The average Bonchev–Trinajstić information content (AvgIpc) is 3.07. The number of likely N-dealkylation sites (tertiary alicyclic amines) is 1. The van der Waals surface area contributed by atoms with Crippen molar-refractivity contribution in [3.63, 3.8) is 0 Å². The fraction of sp³-hybridized carbons (Fsp3) is 0.647. The largest absolute Gasteiger partial charge is 0.384 e. The van der Waals surface area contributed by atoms with Crippen molar-refractivity contribution in [2.75, 3.05) is 31.5 Å². The van der Waals surface area contributed by atoms with E-state index in [2.05, 4.69) is 47.6 Å². The first-order valence-electron chi connectivity index (χ1n) is 8.03. The van der Waals surface area contributed by atoms with E-state index in [1.54, 1.807) is 0 Å². The van der Waals surface area contributed by atoms with Gasteiger partial charge in [0.25, 0.3) is 0 Å². The second-order valence-electron chi connectivity index (χ2n) is 6.50. The van der Waals surface area contributed by atoms with Crippen LogP contribution in [0.4, 0.5) is 5.69 Å². The van der Waals surface area contributed by atoms with Crippen LogP contribution >= 0.6 is 0 Å². The molecule has 2 aliphatic heterocycles. The maximum atomic E-state index is 3.67. The third-order valence-corrected chi connectivity index (χ3v) is 4.73. The smallest absolute Gasteiger partial charge is 0.0419 e. The summed E-state index contributed by atoms with van der Waals surface area (Å²) in [4.78, 5) is 2.59. The monoisotopic (exact) mass is 273 g/mol. The van der Waals surface area contributed by atoms with Gasteiger partial charge in [0.2, 0.25) is 0 Å². The molecule has 0 aromatic heterocycles. The van der Waals surface area contributed by atoms with Crippen LogP contribution in [-0.2, 0) is 13.0 Å². The Balaban J connectivity index is 1.48. The Hall–Kier alpha value is -1.06. The summed E-state index contributed by atoms with van der Waals surface area (Å²) < 4.78 is 0. The van der Waals surface area contributed by atoms with Gasteiger partial charge in [0.15, 0.2) is 0 Å². The predicted molar refractivity (Wildman–Crippen MR) is 85.2 cm³/mol. The van der Waals surface area contributed by atoms with Crippen molar-refractivity contribution in [3.05, 3.63) is 29.3 Å². The first-order valence-corrected chi connectivity index (χ1v) is 8.03. The zero-order valence-electron chi connectivity index (χ0n) is 12.8. The average molecular weight is 273 g/mol. The van der Waals surface area contributed by atoms with Crippen LogP contribution in [0.15, 0.2) is 18.2 Å². The molecule has 110 valence electrons. The molecule has 0 aliphatic carbocycles. The van der Waals surface area contributed by atoms with Crippen LogP contribution in [0.3, 0.4) is 0 Å². The summed E-state index contributed by atoms with van der Waals surface area (Å²) in [5, 5.41) is 7.19. The number of benzene rings is 1. The van der Waals surface area contributed by atoms with Crippen LogP contribution in [0.2, 0.25) is 0 Å². The molecule has 3 rings (SSSR count). The number of para-hydroxylation sites is 1. The fourth-order valence-electron chi connectivity index (χ4n) is 3.47. The third kappa shape index (κ3) is 2.99. The van der Waals surface area contributed by atoms with E-state index in [1.165, 1.54) is 42.7 Å². The Labute approximate surface area is 122 Å². The van der Waals surface area contributed by atoms with Gasteiger partial charge in [-0.3, -0.25) is 0 Å². The van der Waals surface area contributed by atoms with Crippen LogP contribution in [-0.4, -0.2) is 37.1 Å². The highest BCUT2D eigenvalue weighted by molar-refractivity contribution is 5.61. The molecule has 1 fully saturated rings. The van der Waals surface area contributed by atoms with E-state index in [0.717, 1.165) is 25.6 Å². The molecular formula is C17H27N3. The normalized spacial score (nSPS) is 22.2. The zero-order valence-corrected chi connectivity index (χ0v) is 12.8. The molecule has 0 amide bonds. The van der Waals surface area contributed by atoms with Gasteiger partial charge in [-0.05, 0) is 56.8 Å². The molecule has 1 atom stereocenters. The van der Waals surface area contributed by atoms with Gasteiger partial charge in [0.05, 0.1) is 0 Å². The molecule has 0 radical (unpaired) electrons. The summed E-state index contributed by atoms with van der Waals surface area (Å²) in [6.07, 6.45) is 2.52. The van der Waals surface area contributed by atoms with Crippen LogP contribution in [0, 0.1) is 5.92 Å². The first-order chi connectivity index (χ1) is 9.74. The van der Waals surface area contributed by atoms with Crippen LogP contribution in [0.25, 0.3) is 0 Å². The first kappa shape index (κ1) is 13.9. The molecule has 2 N–H and O–H groups in total. The van der Waals surface area contributed by atoms with E-state index in [4.69, 9.17) is 0 Å². The Bertz CT molecular complexity index is 456. The lowest BCUT2D eigenvalue weighted by atomic mass is 10.1. The number of nitrogens with one attached hydrogen (secondary N) is 2. The van der Waals surface area contributed by atoms with Crippen LogP contribution in [0.5, 0.6) is 0 Å². The Morgan fingerprint density at radius 2 is 2.30 bits per heavy atom. The summed E-state index contributed by atoms with van der Waals surface area (Å²) in [6.45, 7) is 10.4. The minimum atomic E-state index is 0.696. The molecule has 1 unspecified atom stereocenters. The van der Waals surface area contributed by atoms with Gasteiger partial charge in [-0.1, -0.05) is 18.2 Å². The fourth-order valence-corrected chi connectivity index (χ4v) is 3.47. The summed E-state index contributed by atoms with van der Waals surface area (Å²) in [5.74, 6) is 0.821. The van der Waals surface area contributed by atoms with E-state index < -0.39 is 0 Å². The molecule has 2 aliphatic rings. The summed E-state index contributed by atoms with van der Waals surface area (Å²) >= 11 is 0. The van der Waals surface area contributed by atoms with E-state index >= 15 is 0 Å². The molecule has 0 spiro atoms. The number of nitrogens with zero attached hydrogens (tertiary/aromatic N) is 1. The lowest BCUT2D eigenvalue weighted by Crippen LogP contribution is -2.30. The quantitative estimate of drug-likeness (QED) is 0.863. The molecule has 3 heteroatoms. The maximum absolute atomic E-state index is 3.67.